The zero-order chi connectivity index (χ0) is 16.2. The lowest BCUT2D eigenvalue weighted by atomic mass is 10.2. The van der Waals surface area contributed by atoms with Crippen molar-refractivity contribution in [1.82, 2.24) is 25.2 Å². The molecule has 1 unspecified atom stereocenters. The van der Waals surface area contributed by atoms with E-state index in [-0.39, 0.29) is 17.6 Å². The van der Waals surface area contributed by atoms with E-state index in [1.165, 1.54) is 0 Å². The normalized spacial score (nSPS) is 12.3. The Morgan fingerprint density at radius 1 is 1.52 bits per heavy atom. The predicted octanol–water partition coefficient (Wildman–Crippen LogP) is 2.43. The van der Waals surface area contributed by atoms with Crippen LogP contribution in [-0.4, -0.2) is 25.8 Å². The molecule has 0 aliphatic carbocycles. The highest BCUT2D eigenvalue weighted by Crippen LogP contribution is 2.17. The van der Waals surface area contributed by atoms with E-state index in [0.29, 0.717) is 12.3 Å². The van der Waals surface area contributed by atoms with E-state index in [0.717, 1.165) is 17.1 Å². The minimum Gasteiger partial charge on any atom is -0.359 e. The summed E-state index contributed by atoms with van der Waals surface area (Å²) in [5.74, 6) is 0.299. The molecule has 0 aliphatic rings. The van der Waals surface area contributed by atoms with Crippen LogP contribution in [0.15, 0.2) is 34.4 Å². The molecule has 8 heteroatoms. The van der Waals surface area contributed by atoms with E-state index in [9.17, 15) is 4.79 Å². The molecule has 120 valence electrons. The van der Waals surface area contributed by atoms with Gasteiger partial charge in [0.1, 0.15) is 6.54 Å². The predicted molar refractivity (Wildman–Crippen MR) is 85.2 cm³/mol. The second-order valence-corrected chi connectivity index (χ2v) is 6.04. The van der Waals surface area contributed by atoms with Gasteiger partial charge in [-0.15, -0.1) is 11.3 Å². The zero-order valence-corrected chi connectivity index (χ0v) is 13.7. The first-order valence-corrected chi connectivity index (χ1v) is 8.22. The van der Waals surface area contributed by atoms with Gasteiger partial charge in [0.15, 0.2) is 11.5 Å². The van der Waals surface area contributed by atoms with E-state index in [1.807, 2.05) is 24.6 Å². The molecular weight excluding hydrogens is 314 g/mol. The van der Waals surface area contributed by atoms with Crippen molar-refractivity contribution in [3.8, 4) is 0 Å². The number of nitrogens with zero attached hydrogens (tertiary/aromatic N) is 4. The molecule has 0 spiro atoms. The van der Waals surface area contributed by atoms with Crippen molar-refractivity contribution < 1.29 is 9.32 Å². The van der Waals surface area contributed by atoms with Crippen LogP contribution in [0.4, 0.5) is 0 Å². The minimum atomic E-state index is -0.279. The minimum absolute atomic E-state index is 0.176. The molecule has 3 rings (SSSR count). The quantitative estimate of drug-likeness (QED) is 0.750. The lowest BCUT2D eigenvalue weighted by Crippen LogP contribution is -2.27. The van der Waals surface area contributed by atoms with Crippen LogP contribution < -0.4 is 5.32 Å². The van der Waals surface area contributed by atoms with Crippen molar-refractivity contribution in [1.29, 1.82) is 0 Å². The summed E-state index contributed by atoms with van der Waals surface area (Å²) >= 11 is 1.60. The van der Waals surface area contributed by atoms with Gasteiger partial charge in [-0.05, 0) is 19.4 Å². The van der Waals surface area contributed by atoms with Gasteiger partial charge in [0.25, 0.3) is 5.91 Å². The third kappa shape index (κ3) is 3.65. The molecule has 0 aliphatic heterocycles. The maximum absolute atomic E-state index is 12.2. The smallest absolute Gasteiger partial charge is 0.274 e. The summed E-state index contributed by atoms with van der Waals surface area (Å²) in [6.07, 6.45) is 4.40. The lowest BCUT2D eigenvalue weighted by molar-refractivity contribution is 0.0930. The highest BCUT2D eigenvalue weighted by atomic mass is 32.1. The van der Waals surface area contributed by atoms with Crippen LogP contribution in [0.2, 0.25) is 0 Å². The van der Waals surface area contributed by atoms with Gasteiger partial charge in [-0.3, -0.25) is 9.48 Å². The third-order valence-corrected chi connectivity index (χ3v) is 4.34. The van der Waals surface area contributed by atoms with Crippen molar-refractivity contribution in [3.63, 3.8) is 0 Å². The van der Waals surface area contributed by atoms with Crippen LogP contribution in [0.3, 0.4) is 0 Å². The number of carbonyl (C=O) groups is 1. The highest BCUT2D eigenvalue weighted by molar-refractivity contribution is 7.09. The first kappa shape index (κ1) is 15.4. The molecule has 7 nitrogen and oxygen atoms in total. The van der Waals surface area contributed by atoms with E-state index < -0.39 is 0 Å². The van der Waals surface area contributed by atoms with E-state index >= 15 is 0 Å². The summed E-state index contributed by atoms with van der Waals surface area (Å²) in [4.78, 5) is 16.7. The Hall–Kier alpha value is -2.48. The second-order valence-electron chi connectivity index (χ2n) is 5.10. The number of aromatic nitrogens is 4. The number of thiazole rings is 1. The van der Waals surface area contributed by atoms with Crippen LogP contribution in [-0.2, 0) is 13.0 Å². The van der Waals surface area contributed by atoms with Crippen molar-refractivity contribution in [2.45, 2.75) is 32.9 Å². The molecule has 0 saturated heterocycles. The Morgan fingerprint density at radius 2 is 2.39 bits per heavy atom. The number of hydrogen-bond acceptors (Lipinski definition) is 6. The largest absolute Gasteiger partial charge is 0.359 e. The van der Waals surface area contributed by atoms with E-state index in [1.54, 1.807) is 28.3 Å². The fourth-order valence-corrected chi connectivity index (χ4v) is 2.92. The Kier molecular flexibility index (Phi) is 4.52. The monoisotopic (exact) mass is 331 g/mol. The van der Waals surface area contributed by atoms with Gasteiger partial charge in [-0.2, -0.15) is 5.10 Å². The first-order valence-electron chi connectivity index (χ1n) is 7.34. The van der Waals surface area contributed by atoms with Gasteiger partial charge < -0.3 is 9.84 Å². The Bertz CT molecular complexity index is 778. The fourth-order valence-electron chi connectivity index (χ4n) is 2.08. The van der Waals surface area contributed by atoms with Crippen molar-refractivity contribution in [2.75, 3.05) is 0 Å². The molecule has 0 aromatic carbocycles. The van der Waals surface area contributed by atoms with Crippen LogP contribution >= 0.6 is 11.3 Å². The van der Waals surface area contributed by atoms with Crippen LogP contribution in [0.5, 0.6) is 0 Å². The molecule has 1 atom stereocenters. The number of amides is 1. The highest BCUT2D eigenvalue weighted by Gasteiger charge is 2.17. The summed E-state index contributed by atoms with van der Waals surface area (Å²) in [5, 5.41) is 13.8. The van der Waals surface area contributed by atoms with Gasteiger partial charge in [0, 0.05) is 23.8 Å². The number of rotatable bonds is 6. The molecule has 1 N–H and O–H groups in total. The topological polar surface area (TPSA) is 85.8 Å². The van der Waals surface area contributed by atoms with Crippen LogP contribution in [0.1, 0.15) is 46.8 Å². The SMILES string of the molecule is CCc1nc(C(C)NC(=O)c2cc(Cn3cccn3)on2)cs1. The van der Waals surface area contributed by atoms with Crippen molar-refractivity contribution >= 4 is 17.2 Å². The Morgan fingerprint density at radius 3 is 3.09 bits per heavy atom. The fraction of sp³-hybridized carbons (Fsp3) is 0.333. The Balaban J connectivity index is 1.62. The number of hydrogen-bond donors (Lipinski definition) is 1. The summed E-state index contributed by atoms with van der Waals surface area (Å²) < 4.78 is 6.88. The second kappa shape index (κ2) is 6.74. The average molecular weight is 331 g/mol. The molecule has 0 radical (unpaired) electrons. The molecule has 0 bridgehead atoms. The summed E-state index contributed by atoms with van der Waals surface area (Å²) in [7, 11) is 0. The summed E-state index contributed by atoms with van der Waals surface area (Å²) in [6.45, 7) is 4.40. The van der Waals surface area contributed by atoms with Crippen molar-refractivity contribution in [3.05, 3.63) is 52.1 Å². The maximum atomic E-state index is 12.2. The third-order valence-electron chi connectivity index (χ3n) is 3.33. The molecule has 3 heterocycles. The first-order chi connectivity index (χ1) is 11.2. The maximum Gasteiger partial charge on any atom is 0.274 e. The molecular formula is C15H17N5O2S. The van der Waals surface area contributed by atoms with Gasteiger partial charge >= 0.3 is 0 Å². The van der Waals surface area contributed by atoms with E-state index in [2.05, 4.69) is 27.5 Å². The molecule has 23 heavy (non-hydrogen) atoms. The van der Waals surface area contributed by atoms with Gasteiger partial charge in [0.05, 0.1) is 16.7 Å². The van der Waals surface area contributed by atoms with Gasteiger partial charge in [-0.1, -0.05) is 12.1 Å². The molecule has 0 fully saturated rings. The number of aryl methyl sites for hydroxylation is 1. The van der Waals surface area contributed by atoms with Crippen LogP contribution in [0, 0.1) is 0 Å². The molecule has 0 saturated carbocycles. The number of nitrogens with one attached hydrogen (secondary N) is 1. The van der Waals surface area contributed by atoms with E-state index in [4.69, 9.17) is 4.52 Å². The zero-order valence-electron chi connectivity index (χ0n) is 12.9. The lowest BCUT2D eigenvalue weighted by Gasteiger charge is -2.09. The molecule has 3 aromatic heterocycles. The summed E-state index contributed by atoms with van der Waals surface area (Å²) in [5.41, 5.74) is 1.12. The number of carbonyl (C=O) groups excluding carboxylic acids is 1. The standard InChI is InChI=1S/C15H17N5O2S/c1-3-14-18-13(9-23-14)10(2)17-15(21)12-7-11(22-19-12)8-20-6-4-5-16-20/h4-7,9-10H,3,8H2,1-2H3,(H,17,21). The van der Waals surface area contributed by atoms with Crippen molar-refractivity contribution in [2.24, 2.45) is 0 Å². The average Bonchev–Trinajstić information content (AvgIpc) is 3.29. The molecule has 1 amide bonds. The van der Waals surface area contributed by atoms with Gasteiger partial charge in [0.2, 0.25) is 0 Å². The van der Waals surface area contributed by atoms with Gasteiger partial charge in [-0.25, -0.2) is 4.98 Å². The summed E-state index contributed by atoms with van der Waals surface area (Å²) in [6, 6.07) is 3.28. The van der Waals surface area contributed by atoms with Crippen LogP contribution in [0.25, 0.3) is 0 Å². The Labute approximate surface area is 137 Å². The molecule has 3 aromatic rings.